The van der Waals surface area contributed by atoms with Crippen LogP contribution in [0.15, 0.2) is 12.7 Å². The average Bonchev–Trinajstić information content (AvgIpc) is 2.84. The summed E-state index contributed by atoms with van der Waals surface area (Å²) in [6.45, 7) is 10.4. The van der Waals surface area contributed by atoms with Crippen LogP contribution in [0.4, 0.5) is 4.79 Å². The molecule has 1 aliphatic heterocycles. The highest BCUT2D eigenvalue weighted by Crippen LogP contribution is 2.17. The first kappa shape index (κ1) is 16.5. The van der Waals surface area contributed by atoms with E-state index in [-0.39, 0.29) is 19.1 Å². The Bertz CT molecular complexity index is 358. The van der Waals surface area contributed by atoms with Crippen molar-refractivity contribution in [1.29, 1.82) is 0 Å². The van der Waals surface area contributed by atoms with Gasteiger partial charge < -0.3 is 20.2 Å². The first-order valence-electron chi connectivity index (χ1n) is 7.03. The van der Waals surface area contributed by atoms with E-state index in [1.165, 1.54) is 11.0 Å². The highest BCUT2D eigenvalue weighted by atomic mass is 16.4. The number of carbonyl (C=O) groups is 2. The third-order valence-corrected chi connectivity index (χ3v) is 3.55. The molecule has 0 aromatic carbocycles. The van der Waals surface area contributed by atoms with Crippen molar-refractivity contribution in [3.8, 4) is 0 Å². The zero-order valence-electron chi connectivity index (χ0n) is 12.3. The van der Waals surface area contributed by atoms with Crippen LogP contribution in [-0.4, -0.2) is 65.7 Å². The van der Waals surface area contributed by atoms with E-state index in [1.54, 1.807) is 0 Å². The first-order valence-corrected chi connectivity index (χ1v) is 7.03. The molecule has 1 aliphatic rings. The Morgan fingerprint density at radius 1 is 1.55 bits per heavy atom. The van der Waals surface area contributed by atoms with Crippen molar-refractivity contribution < 1.29 is 14.7 Å². The van der Waals surface area contributed by atoms with Crippen molar-refractivity contribution >= 4 is 12.0 Å². The molecule has 0 radical (unpaired) electrons. The van der Waals surface area contributed by atoms with E-state index in [4.69, 9.17) is 5.11 Å². The second kappa shape index (κ2) is 7.89. The van der Waals surface area contributed by atoms with Crippen molar-refractivity contribution in [3.05, 3.63) is 12.7 Å². The Labute approximate surface area is 120 Å². The Hall–Kier alpha value is -1.56. The van der Waals surface area contributed by atoms with Gasteiger partial charge in [0.05, 0.1) is 0 Å². The van der Waals surface area contributed by atoms with Gasteiger partial charge in [-0.15, -0.1) is 6.58 Å². The van der Waals surface area contributed by atoms with Gasteiger partial charge in [0.15, 0.2) is 0 Å². The van der Waals surface area contributed by atoms with E-state index in [2.05, 4.69) is 30.6 Å². The molecule has 1 heterocycles. The van der Waals surface area contributed by atoms with Crippen LogP contribution in [0.2, 0.25) is 0 Å². The third-order valence-electron chi connectivity index (χ3n) is 3.55. The number of hydrogen-bond acceptors (Lipinski definition) is 3. The lowest BCUT2D eigenvalue weighted by molar-refractivity contribution is -0.137. The zero-order chi connectivity index (χ0) is 15.1. The second-order valence-corrected chi connectivity index (χ2v) is 5.49. The molecule has 1 fully saturated rings. The topological polar surface area (TPSA) is 72.9 Å². The number of nitrogens with zero attached hydrogens (tertiary/aromatic N) is 2. The van der Waals surface area contributed by atoms with Gasteiger partial charge in [-0.2, -0.15) is 0 Å². The van der Waals surface area contributed by atoms with Crippen molar-refractivity contribution in [2.75, 3.05) is 32.7 Å². The number of urea groups is 1. The number of carboxylic acids is 1. The molecular weight excluding hydrogens is 258 g/mol. The summed E-state index contributed by atoms with van der Waals surface area (Å²) in [6, 6.07) is 0.190. The van der Waals surface area contributed by atoms with Crippen LogP contribution < -0.4 is 5.32 Å². The van der Waals surface area contributed by atoms with E-state index in [0.29, 0.717) is 18.5 Å². The molecule has 0 saturated carbocycles. The van der Waals surface area contributed by atoms with E-state index in [1.807, 2.05) is 0 Å². The number of amides is 2. The van der Waals surface area contributed by atoms with Gasteiger partial charge in [0.25, 0.3) is 0 Å². The number of rotatable bonds is 7. The lowest BCUT2D eigenvalue weighted by Gasteiger charge is -2.22. The van der Waals surface area contributed by atoms with Crippen molar-refractivity contribution in [2.45, 2.75) is 26.3 Å². The normalized spacial score (nSPS) is 19.1. The number of carboxylic acid groups (broad SMARTS) is 1. The summed E-state index contributed by atoms with van der Waals surface area (Å²) in [4.78, 5) is 26.3. The van der Waals surface area contributed by atoms with E-state index >= 15 is 0 Å². The van der Waals surface area contributed by atoms with Gasteiger partial charge in [0.2, 0.25) is 0 Å². The van der Waals surface area contributed by atoms with E-state index < -0.39 is 5.97 Å². The lowest BCUT2D eigenvalue weighted by Crippen LogP contribution is -2.44. The molecule has 20 heavy (non-hydrogen) atoms. The zero-order valence-corrected chi connectivity index (χ0v) is 12.3. The quantitative estimate of drug-likeness (QED) is 0.684. The Morgan fingerprint density at radius 2 is 2.25 bits per heavy atom. The minimum atomic E-state index is -1.02. The first-order chi connectivity index (χ1) is 9.43. The summed E-state index contributed by atoms with van der Waals surface area (Å²) in [5, 5.41) is 11.6. The predicted molar refractivity (Wildman–Crippen MR) is 77.6 cm³/mol. The second-order valence-electron chi connectivity index (χ2n) is 5.49. The largest absolute Gasteiger partial charge is 0.480 e. The Kier molecular flexibility index (Phi) is 6.51. The minimum Gasteiger partial charge on any atom is -0.480 e. The summed E-state index contributed by atoms with van der Waals surface area (Å²) in [5.74, 6) is -0.578. The fourth-order valence-corrected chi connectivity index (χ4v) is 2.38. The molecule has 0 spiro atoms. The van der Waals surface area contributed by atoms with Crippen LogP contribution in [0.5, 0.6) is 0 Å². The molecule has 2 N–H and O–H groups in total. The number of nitrogens with one attached hydrogen (secondary N) is 1. The average molecular weight is 283 g/mol. The molecule has 0 bridgehead atoms. The van der Waals surface area contributed by atoms with Gasteiger partial charge in [0, 0.05) is 25.7 Å². The van der Waals surface area contributed by atoms with Gasteiger partial charge in [-0.3, -0.25) is 4.79 Å². The standard InChI is InChI=1S/C14H25N3O3/c1-4-6-17(10-13(18)19)14(20)15-8-12-5-7-16(9-12)11(2)3/h4,11-12H,1,5-10H2,2-3H3,(H,15,20)(H,18,19). The van der Waals surface area contributed by atoms with Crippen molar-refractivity contribution in [3.63, 3.8) is 0 Å². The van der Waals surface area contributed by atoms with Gasteiger partial charge in [-0.1, -0.05) is 6.08 Å². The summed E-state index contributed by atoms with van der Waals surface area (Å²) >= 11 is 0. The van der Waals surface area contributed by atoms with Crippen molar-refractivity contribution in [1.82, 2.24) is 15.1 Å². The molecule has 1 unspecified atom stereocenters. The molecular formula is C14H25N3O3. The molecule has 2 amide bonds. The Balaban J connectivity index is 2.37. The van der Waals surface area contributed by atoms with Crippen LogP contribution in [0.1, 0.15) is 20.3 Å². The van der Waals surface area contributed by atoms with Crippen molar-refractivity contribution in [2.24, 2.45) is 5.92 Å². The monoisotopic (exact) mass is 283 g/mol. The molecule has 0 aromatic rings. The maximum Gasteiger partial charge on any atom is 0.323 e. The Morgan fingerprint density at radius 3 is 2.75 bits per heavy atom. The summed E-state index contributed by atoms with van der Waals surface area (Å²) < 4.78 is 0. The SMILES string of the molecule is C=CCN(CC(=O)O)C(=O)NCC1CCN(C(C)C)C1. The predicted octanol–water partition coefficient (Wildman–Crippen LogP) is 0.999. The molecule has 6 heteroatoms. The molecule has 6 nitrogen and oxygen atoms in total. The fourth-order valence-electron chi connectivity index (χ4n) is 2.38. The van der Waals surface area contributed by atoms with Crippen LogP contribution in [0, 0.1) is 5.92 Å². The number of likely N-dealkylation sites (tertiary alicyclic amines) is 1. The van der Waals surface area contributed by atoms with E-state index in [9.17, 15) is 9.59 Å². The van der Waals surface area contributed by atoms with Gasteiger partial charge in [-0.25, -0.2) is 4.79 Å². The minimum absolute atomic E-state index is 0.237. The molecule has 114 valence electrons. The van der Waals surface area contributed by atoms with E-state index in [0.717, 1.165) is 19.5 Å². The molecule has 1 rings (SSSR count). The summed E-state index contributed by atoms with van der Waals surface area (Å²) in [6.07, 6.45) is 2.59. The molecule has 0 aliphatic carbocycles. The fraction of sp³-hybridized carbons (Fsp3) is 0.714. The van der Waals surface area contributed by atoms with Crippen LogP contribution in [-0.2, 0) is 4.79 Å². The molecule has 1 saturated heterocycles. The van der Waals surface area contributed by atoms with Gasteiger partial charge in [0.1, 0.15) is 6.54 Å². The van der Waals surface area contributed by atoms with Crippen LogP contribution in [0.3, 0.4) is 0 Å². The maximum absolute atomic E-state index is 11.9. The smallest absolute Gasteiger partial charge is 0.323 e. The highest BCUT2D eigenvalue weighted by Gasteiger charge is 2.25. The molecule has 0 aromatic heterocycles. The highest BCUT2D eigenvalue weighted by molar-refractivity contribution is 5.80. The number of aliphatic carboxylic acids is 1. The summed E-state index contributed by atoms with van der Waals surface area (Å²) in [5.41, 5.74) is 0. The van der Waals surface area contributed by atoms with Crippen LogP contribution >= 0.6 is 0 Å². The number of hydrogen-bond donors (Lipinski definition) is 2. The third kappa shape index (κ3) is 5.21. The van der Waals surface area contributed by atoms with Crippen LogP contribution in [0.25, 0.3) is 0 Å². The number of carbonyl (C=O) groups excluding carboxylic acids is 1. The summed E-state index contributed by atoms with van der Waals surface area (Å²) in [7, 11) is 0. The molecule has 1 atom stereocenters. The maximum atomic E-state index is 11.9. The van der Waals surface area contributed by atoms with Gasteiger partial charge >= 0.3 is 12.0 Å². The lowest BCUT2D eigenvalue weighted by atomic mass is 10.1. The van der Waals surface area contributed by atoms with Gasteiger partial charge in [-0.05, 0) is 32.7 Å².